The van der Waals surface area contributed by atoms with Crippen molar-refractivity contribution in [1.29, 1.82) is 0 Å². The lowest BCUT2D eigenvalue weighted by Gasteiger charge is -2.16. The third-order valence-corrected chi connectivity index (χ3v) is 4.89. The molecule has 1 amide bonds. The van der Waals surface area contributed by atoms with Gasteiger partial charge in [-0.1, -0.05) is 6.07 Å². The second-order valence-corrected chi connectivity index (χ2v) is 7.30. The summed E-state index contributed by atoms with van der Waals surface area (Å²) in [5, 5.41) is 2.48. The molecule has 0 bridgehead atoms. The maximum Gasteiger partial charge on any atom is 0.416 e. The molecule has 178 valence electrons. The van der Waals surface area contributed by atoms with Crippen LogP contribution < -0.4 is 19.5 Å². The van der Waals surface area contributed by atoms with Crippen LogP contribution in [0.3, 0.4) is 0 Å². The summed E-state index contributed by atoms with van der Waals surface area (Å²) in [6, 6.07) is 13.9. The first-order chi connectivity index (χ1) is 16.1. The van der Waals surface area contributed by atoms with Gasteiger partial charge in [0.15, 0.2) is 11.5 Å². The highest BCUT2D eigenvalue weighted by molar-refractivity contribution is 5.96. The van der Waals surface area contributed by atoms with Gasteiger partial charge < -0.3 is 19.5 Å². The first kappa shape index (κ1) is 24.6. The standard InChI is InChI=1S/C25H22F3NO5/c1-15(30)16-7-9-22(33-3)17(11-16)12-24(31)29-21-13-18(25(26,27)28)8-10-23(21)34-20-6-4-5-19(14-20)32-2/h4-11,13-14H,12H2,1-3H3,(H,29,31). The Balaban J connectivity index is 1.91. The number of ether oxygens (including phenoxy) is 3. The van der Waals surface area contributed by atoms with E-state index in [1.807, 2.05) is 0 Å². The van der Waals surface area contributed by atoms with Gasteiger partial charge in [-0.15, -0.1) is 0 Å². The largest absolute Gasteiger partial charge is 0.497 e. The fourth-order valence-corrected chi connectivity index (χ4v) is 3.19. The number of anilines is 1. The Morgan fingerprint density at radius 3 is 2.24 bits per heavy atom. The van der Waals surface area contributed by atoms with Gasteiger partial charge in [0.05, 0.1) is 31.9 Å². The van der Waals surface area contributed by atoms with Crippen molar-refractivity contribution < 1.29 is 37.0 Å². The fourth-order valence-electron chi connectivity index (χ4n) is 3.19. The molecule has 3 rings (SSSR count). The van der Waals surface area contributed by atoms with Crippen LogP contribution in [0.5, 0.6) is 23.0 Å². The van der Waals surface area contributed by atoms with Crippen molar-refractivity contribution in [2.75, 3.05) is 19.5 Å². The van der Waals surface area contributed by atoms with Gasteiger partial charge in [-0.25, -0.2) is 0 Å². The molecule has 3 aromatic carbocycles. The molecule has 0 saturated heterocycles. The maximum absolute atomic E-state index is 13.3. The van der Waals surface area contributed by atoms with Crippen molar-refractivity contribution in [3.05, 3.63) is 77.4 Å². The van der Waals surface area contributed by atoms with Gasteiger partial charge >= 0.3 is 6.18 Å². The molecule has 3 aromatic rings. The van der Waals surface area contributed by atoms with Crippen molar-refractivity contribution in [3.63, 3.8) is 0 Å². The average molecular weight is 473 g/mol. The number of benzene rings is 3. The number of hydrogen-bond acceptors (Lipinski definition) is 5. The number of carbonyl (C=O) groups excluding carboxylic acids is 2. The van der Waals surface area contributed by atoms with Crippen molar-refractivity contribution in [2.45, 2.75) is 19.5 Å². The van der Waals surface area contributed by atoms with Crippen molar-refractivity contribution in [1.82, 2.24) is 0 Å². The quantitative estimate of drug-likeness (QED) is 0.413. The summed E-state index contributed by atoms with van der Waals surface area (Å²) in [4.78, 5) is 24.5. The molecule has 0 aliphatic carbocycles. The smallest absolute Gasteiger partial charge is 0.416 e. The Morgan fingerprint density at radius 1 is 0.882 bits per heavy atom. The van der Waals surface area contributed by atoms with Crippen LogP contribution in [0.4, 0.5) is 18.9 Å². The number of nitrogens with one attached hydrogen (secondary N) is 1. The molecule has 0 unspecified atom stereocenters. The summed E-state index contributed by atoms with van der Waals surface area (Å²) in [5.41, 5.74) is -0.319. The summed E-state index contributed by atoms with van der Waals surface area (Å²) < 4.78 is 56.0. The van der Waals surface area contributed by atoms with Crippen LogP contribution in [0.2, 0.25) is 0 Å². The number of amides is 1. The zero-order chi connectivity index (χ0) is 24.9. The van der Waals surface area contributed by atoms with Gasteiger partial charge in [0, 0.05) is 17.2 Å². The van der Waals surface area contributed by atoms with Crippen LogP contribution in [0.15, 0.2) is 60.7 Å². The number of halogens is 3. The number of carbonyl (C=O) groups is 2. The molecule has 0 aromatic heterocycles. The third-order valence-electron chi connectivity index (χ3n) is 4.89. The highest BCUT2D eigenvalue weighted by Crippen LogP contribution is 2.37. The second kappa shape index (κ2) is 10.3. The lowest BCUT2D eigenvalue weighted by atomic mass is 10.0. The summed E-state index contributed by atoms with van der Waals surface area (Å²) in [7, 11) is 2.88. The fraction of sp³-hybridized carbons (Fsp3) is 0.200. The van der Waals surface area contributed by atoms with Crippen LogP contribution in [0, 0.1) is 0 Å². The topological polar surface area (TPSA) is 73.9 Å². The SMILES string of the molecule is COc1cccc(Oc2ccc(C(F)(F)F)cc2NC(=O)Cc2cc(C(C)=O)ccc2OC)c1. The zero-order valence-corrected chi connectivity index (χ0v) is 18.7. The monoisotopic (exact) mass is 473 g/mol. The van der Waals surface area contributed by atoms with E-state index in [0.29, 0.717) is 28.4 Å². The van der Waals surface area contributed by atoms with Crippen LogP contribution in [0.1, 0.15) is 28.4 Å². The first-order valence-electron chi connectivity index (χ1n) is 10.1. The molecule has 0 radical (unpaired) electrons. The van der Waals surface area contributed by atoms with E-state index in [-0.39, 0.29) is 23.6 Å². The summed E-state index contributed by atoms with van der Waals surface area (Å²) >= 11 is 0. The highest BCUT2D eigenvalue weighted by Gasteiger charge is 2.31. The Hall–Kier alpha value is -4.01. The minimum atomic E-state index is -4.62. The predicted octanol–water partition coefficient (Wildman–Crippen LogP) is 5.90. The minimum Gasteiger partial charge on any atom is -0.497 e. The maximum atomic E-state index is 13.3. The van der Waals surface area contributed by atoms with E-state index in [0.717, 1.165) is 18.2 Å². The molecule has 0 spiro atoms. The van der Waals surface area contributed by atoms with Gasteiger partial charge in [0.2, 0.25) is 5.91 Å². The Bertz CT molecular complexity index is 1210. The summed E-state index contributed by atoms with van der Waals surface area (Å²) in [6.45, 7) is 1.39. The van der Waals surface area contributed by atoms with Gasteiger partial charge in [-0.2, -0.15) is 13.2 Å². The number of ketones is 1. The number of Topliss-reactive ketones (excluding diaryl/α,β-unsaturated/α-hetero) is 1. The Morgan fingerprint density at radius 2 is 1.59 bits per heavy atom. The highest BCUT2D eigenvalue weighted by atomic mass is 19.4. The van der Waals surface area contributed by atoms with Gasteiger partial charge in [0.25, 0.3) is 0 Å². The predicted molar refractivity (Wildman–Crippen MR) is 120 cm³/mol. The number of methoxy groups -OCH3 is 2. The molecule has 6 nitrogen and oxygen atoms in total. The number of rotatable bonds is 8. The molecule has 0 aliphatic heterocycles. The van der Waals surface area contributed by atoms with E-state index >= 15 is 0 Å². The summed E-state index contributed by atoms with van der Waals surface area (Å²) in [5.74, 6) is 0.374. The van der Waals surface area contributed by atoms with E-state index in [2.05, 4.69) is 5.32 Å². The van der Waals surface area contributed by atoms with Gasteiger partial charge in [0.1, 0.15) is 17.2 Å². The summed E-state index contributed by atoms with van der Waals surface area (Å²) in [6.07, 6.45) is -4.86. The molecular formula is C25H22F3NO5. The first-order valence-corrected chi connectivity index (χ1v) is 10.1. The molecule has 0 aliphatic rings. The van der Waals surface area contributed by atoms with Crippen molar-refractivity contribution in [2.24, 2.45) is 0 Å². The van der Waals surface area contributed by atoms with Crippen molar-refractivity contribution in [3.8, 4) is 23.0 Å². The second-order valence-electron chi connectivity index (χ2n) is 7.30. The molecule has 1 N–H and O–H groups in total. The van der Waals surface area contributed by atoms with E-state index in [9.17, 15) is 22.8 Å². The Kier molecular flexibility index (Phi) is 7.45. The van der Waals surface area contributed by atoms with Crippen LogP contribution in [0.25, 0.3) is 0 Å². The number of hydrogen-bond donors (Lipinski definition) is 1. The lowest BCUT2D eigenvalue weighted by molar-refractivity contribution is -0.137. The Labute approximate surface area is 194 Å². The van der Waals surface area contributed by atoms with E-state index in [4.69, 9.17) is 14.2 Å². The van der Waals surface area contributed by atoms with E-state index in [1.54, 1.807) is 36.4 Å². The van der Waals surface area contributed by atoms with Crippen LogP contribution in [-0.2, 0) is 17.4 Å². The minimum absolute atomic E-state index is 0.0130. The average Bonchev–Trinajstić information content (AvgIpc) is 2.79. The molecule has 0 atom stereocenters. The third kappa shape index (κ3) is 6.06. The lowest BCUT2D eigenvalue weighted by Crippen LogP contribution is -2.17. The molecule has 34 heavy (non-hydrogen) atoms. The molecule has 0 heterocycles. The number of alkyl halides is 3. The van der Waals surface area contributed by atoms with Gasteiger partial charge in [-0.05, 0) is 55.5 Å². The van der Waals surface area contributed by atoms with Gasteiger partial charge in [-0.3, -0.25) is 9.59 Å². The van der Waals surface area contributed by atoms with Crippen LogP contribution >= 0.6 is 0 Å². The van der Waals surface area contributed by atoms with E-state index in [1.165, 1.54) is 27.2 Å². The molecule has 0 fully saturated rings. The molecular weight excluding hydrogens is 451 g/mol. The molecule has 0 saturated carbocycles. The zero-order valence-electron chi connectivity index (χ0n) is 18.7. The van der Waals surface area contributed by atoms with E-state index < -0.39 is 17.6 Å². The normalized spacial score (nSPS) is 11.0. The molecule has 9 heteroatoms. The van der Waals surface area contributed by atoms with Crippen molar-refractivity contribution >= 4 is 17.4 Å². The van der Waals surface area contributed by atoms with Crippen LogP contribution in [-0.4, -0.2) is 25.9 Å².